The monoisotopic (exact) mass is 585 g/mol. The highest BCUT2D eigenvalue weighted by molar-refractivity contribution is 7.47. The average molecular weight is 586 g/mol. The number of esters is 2. The first-order chi connectivity index (χ1) is 19.3. The summed E-state index contributed by atoms with van der Waals surface area (Å²) in [6, 6.07) is 0. The lowest BCUT2D eigenvalue weighted by Gasteiger charge is -2.19. The molecule has 0 aromatic rings. The van der Waals surface area contributed by atoms with Gasteiger partial charge in [0.15, 0.2) is 6.10 Å². The van der Waals surface area contributed by atoms with Gasteiger partial charge in [-0.2, -0.15) is 0 Å². The predicted molar refractivity (Wildman–Crippen MR) is 160 cm³/mol. The molecule has 3 N–H and O–H groups in total. The van der Waals surface area contributed by atoms with Crippen molar-refractivity contribution in [3.63, 3.8) is 0 Å². The summed E-state index contributed by atoms with van der Waals surface area (Å²) in [5, 5.41) is 0. The standard InChI is InChI=1S/C30H52NO8P/c1-3-5-7-8-9-10-11-12-13-14-15-16-17-18-19-20-21-23-30(33)39-28(26-36-29(32)22-6-4-2)27-38-40(34,35)37-25-24-31/h5,7,9-10,12-13,15-16,28H,3-4,6,8,11,14,17-27,31H2,1-2H3,(H,34,35)/b7-5-,10-9-,13-12-,16-15-. The van der Waals surface area contributed by atoms with E-state index in [9.17, 15) is 19.0 Å². The third-order valence-electron chi connectivity index (χ3n) is 5.48. The molecule has 0 aliphatic carbocycles. The van der Waals surface area contributed by atoms with Crippen LogP contribution in [0.1, 0.15) is 97.3 Å². The van der Waals surface area contributed by atoms with Crippen LogP contribution in [0.15, 0.2) is 48.6 Å². The largest absolute Gasteiger partial charge is 0.472 e. The number of nitrogens with two attached hydrogens (primary N) is 1. The summed E-state index contributed by atoms with van der Waals surface area (Å²) in [6.07, 6.45) is 26.9. The highest BCUT2D eigenvalue weighted by Gasteiger charge is 2.25. The Bertz CT molecular complexity index is 810. The molecule has 40 heavy (non-hydrogen) atoms. The molecule has 0 fully saturated rings. The highest BCUT2D eigenvalue weighted by atomic mass is 31.2. The summed E-state index contributed by atoms with van der Waals surface area (Å²) in [4.78, 5) is 33.8. The van der Waals surface area contributed by atoms with E-state index in [1.54, 1.807) is 0 Å². The minimum atomic E-state index is -4.35. The number of allylic oxidation sites excluding steroid dienone is 8. The smallest absolute Gasteiger partial charge is 0.462 e. The Kier molecular flexibility index (Phi) is 25.8. The van der Waals surface area contributed by atoms with Gasteiger partial charge in [-0.1, -0.05) is 81.7 Å². The van der Waals surface area contributed by atoms with Crippen LogP contribution in [-0.2, 0) is 32.7 Å². The van der Waals surface area contributed by atoms with Gasteiger partial charge >= 0.3 is 19.8 Å². The molecule has 0 rings (SSSR count). The lowest BCUT2D eigenvalue weighted by Crippen LogP contribution is -2.29. The van der Waals surface area contributed by atoms with Crippen LogP contribution in [0.5, 0.6) is 0 Å². The lowest BCUT2D eigenvalue weighted by molar-refractivity contribution is -0.161. The van der Waals surface area contributed by atoms with E-state index in [0.29, 0.717) is 12.8 Å². The zero-order chi connectivity index (χ0) is 29.7. The summed E-state index contributed by atoms with van der Waals surface area (Å²) >= 11 is 0. The van der Waals surface area contributed by atoms with Crippen molar-refractivity contribution < 1.29 is 37.6 Å². The first-order valence-electron chi connectivity index (χ1n) is 14.6. The Hall–Kier alpha value is -2.03. The fourth-order valence-electron chi connectivity index (χ4n) is 3.31. The molecule has 2 atom stereocenters. The van der Waals surface area contributed by atoms with Gasteiger partial charge in [0.1, 0.15) is 6.61 Å². The van der Waals surface area contributed by atoms with Gasteiger partial charge in [-0.15, -0.1) is 0 Å². The molecule has 0 aliphatic heterocycles. The second kappa shape index (κ2) is 27.2. The van der Waals surface area contributed by atoms with Crippen LogP contribution in [-0.4, -0.2) is 49.3 Å². The van der Waals surface area contributed by atoms with Crippen LogP contribution in [0.25, 0.3) is 0 Å². The maximum absolute atomic E-state index is 12.3. The highest BCUT2D eigenvalue weighted by Crippen LogP contribution is 2.43. The molecule has 0 saturated carbocycles. The Labute approximate surface area is 241 Å². The predicted octanol–water partition coefficient (Wildman–Crippen LogP) is 6.87. The van der Waals surface area contributed by atoms with Crippen molar-refractivity contribution in [2.24, 2.45) is 5.73 Å². The van der Waals surface area contributed by atoms with E-state index >= 15 is 0 Å². The van der Waals surface area contributed by atoms with Crippen molar-refractivity contribution in [3.05, 3.63) is 48.6 Å². The molecule has 0 radical (unpaired) electrons. The van der Waals surface area contributed by atoms with Crippen molar-refractivity contribution >= 4 is 19.8 Å². The number of carbonyl (C=O) groups excluding carboxylic acids is 2. The van der Waals surface area contributed by atoms with Crippen molar-refractivity contribution in [1.82, 2.24) is 0 Å². The minimum absolute atomic E-state index is 0.0464. The molecule has 0 heterocycles. The van der Waals surface area contributed by atoms with Crippen molar-refractivity contribution in [2.75, 3.05) is 26.4 Å². The summed E-state index contributed by atoms with van der Waals surface area (Å²) in [6.45, 7) is 3.27. The molecular formula is C30H52NO8P. The molecule has 0 aliphatic rings. The number of hydrogen-bond donors (Lipinski definition) is 2. The summed E-state index contributed by atoms with van der Waals surface area (Å²) in [7, 11) is -4.35. The zero-order valence-corrected chi connectivity index (χ0v) is 25.4. The van der Waals surface area contributed by atoms with Crippen LogP contribution in [0.3, 0.4) is 0 Å². The van der Waals surface area contributed by atoms with Gasteiger partial charge in [-0.05, 0) is 51.4 Å². The summed E-state index contributed by atoms with van der Waals surface area (Å²) < 4.78 is 32.0. The number of hydrogen-bond acceptors (Lipinski definition) is 8. The molecule has 0 aromatic heterocycles. The number of phosphoric acid groups is 1. The second-order valence-electron chi connectivity index (χ2n) is 9.24. The van der Waals surface area contributed by atoms with Crippen molar-refractivity contribution in [1.29, 1.82) is 0 Å². The Morgan fingerprint density at radius 1 is 0.775 bits per heavy atom. The Morgan fingerprint density at radius 2 is 1.38 bits per heavy atom. The third kappa shape index (κ3) is 26.2. The van der Waals surface area contributed by atoms with E-state index in [1.807, 2.05) is 6.92 Å². The molecule has 10 heteroatoms. The normalized spacial score (nSPS) is 14.4. The Morgan fingerprint density at radius 3 is 2.00 bits per heavy atom. The van der Waals surface area contributed by atoms with E-state index in [4.69, 9.17) is 19.7 Å². The number of rotatable bonds is 26. The van der Waals surface area contributed by atoms with Gasteiger partial charge in [0.25, 0.3) is 0 Å². The van der Waals surface area contributed by atoms with Gasteiger partial charge < -0.3 is 20.1 Å². The van der Waals surface area contributed by atoms with Crippen molar-refractivity contribution in [3.8, 4) is 0 Å². The van der Waals surface area contributed by atoms with Gasteiger partial charge in [-0.3, -0.25) is 18.6 Å². The number of carbonyl (C=O) groups is 2. The van der Waals surface area contributed by atoms with Gasteiger partial charge in [0.05, 0.1) is 13.2 Å². The summed E-state index contributed by atoms with van der Waals surface area (Å²) in [5.74, 6) is -0.907. The number of unbranched alkanes of at least 4 members (excludes halogenated alkanes) is 5. The fourth-order valence-corrected chi connectivity index (χ4v) is 4.07. The molecule has 0 bridgehead atoms. The average Bonchev–Trinajstić information content (AvgIpc) is 2.93. The molecule has 0 amide bonds. The van der Waals surface area contributed by atoms with Crippen LogP contribution in [0.2, 0.25) is 0 Å². The topological polar surface area (TPSA) is 134 Å². The van der Waals surface area contributed by atoms with Crippen LogP contribution in [0, 0.1) is 0 Å². The molecule has 230 valence electrons. The van der Waals surface area contributed by atoms with Crippen molar-refractivity contribution in [2.45, 2.75) is 103 Å². The second-order valence-corrected chi connectivity index (χ2v) is 10.7. The maximum atomic E-state index is 12.3. The summed E-state index contributed by atoms with van der Waals surface area (Å²) in [5.41, 5.74) is 5.27. The van der Waals surface area contributed by atoms with Gasteiger partial charge in [-0.25, -0.2) is 4.57 Å². The third-order valence-corrected chi connectivity index (χ3v) is 6.46. The number of phosphoric ester groups is 1. The minimum Gasteiger partial charge on any atom is -0.462 e. The van der Waals surface area contributed by atoms with E-state index in [2.05, 4.69) is 60.1 Å². The quantitative estimate of drug-likeness (QED) is 0.0482. The van der Waals surface area contributed by atoms with Crippen LogP contribution in [0.4, 0.5) is 0 Å². The number of ether oxygens (including phenoxy) is 2. The SMILES string of the molecule is CC/C=C\C/C=C\C/C=C\C/C=C\CCCCCCC(=O)OC(COC(=O)CCCC)COP(=O)(O)OCCN. The van der Waals surface area contributed by atoms with Crippen LogP contribution >= 0.6 is 7.82 Å². The first kappa shape index (κ1) is 38.0. The van der Waals surface area contributed by atoms with Crippen LogP contribution < -0.4 is 5.73 Å². The molecule has 0 saturated heterocycles. The zero-order valence-electron chi connectivity index (χ0n) is 24.5. The first-order valence-corrected chi connectivity index (χ1v) is 16.1. The Balaban J connectivity index is 4.18. The molecule has 0 aromatic carbocycles. The fraction of sp³-hybridized carbons (Fsp3) is 0.667. The van der Waals surface area contributed by atoms with E-state index in [-0.39, 0.29) is 32.6 Å². The molecular weight excluding hydrogens is 533 g/mol. The maximum Gasteiger partial charge on any atom is 0.472 e. The molecule has 2 unspecified atom stereocenters. The molecule has 9 nitrogen and oxygen atoms in total. The van der Waals surface area contributed by atoms with E-state index in [1.165, 1.54) is 0 Å². The van der Waals surface area contributed by atoms with E-state index < -0.39 is 32.5 Å². The molecule has 0 spiro atoms. The van der Waals surface area contributed by atoms with E-state index in [0.717, 1.165) is 57.8 Å². The van der Waals surface area contributed by atoms with Gasteiger partial charge in [0.2, 0.25) is 0 Å². The van der Waals surface area contributed by atoms with Gasteiger partial charge in [0, 0.05) is 19.4 Å². The lowest BCUT2D eigenvalue weighted by atomic mass is 10.1.